The molecule has 0 aliphatic carbocycles. The number of rotatable bonds is 5. The van der Waals surface area contributed by atoms with E-state index < -0.39 is 21.5 Å². The van der Waals surface area contributed by atoms with Gasteiger partial charge in [-0.05, 0) is 19.9 Å². The largest absolute Gasteiger partial charge is 0.368 e. The van der Waals surface area contributed by atoms with Gasteiger partial charge < -0.3 is 11.2 Å². The zero-order valence-electron chi connectivity index (χ0n) is 9.97. The lowest BCUT2D eigenvalue weighted by Gasteiger charge is -2.22. The summed E-state index contributed by atoms with van der Waals surface area (Å²) in [6.07, 6.45) is 2.50. The number of hydrogen-bond donors (Lipinski definition) is 4. The van der Waals surface area contributed by atoms with Crippen LogP contribution in [0.2, 0.25) is 0 Å². The molecule has 0 bridgehead atoms. The van der Waals surface area contributed by atoms with E-state index in [0.29, 0.717) is 0 Å². The molecule has 1 rings (SSSR count). The third kappa shape index (κ3) is 2.94. The number of hydrogen-bond acceptors (Lipinski definition) is 6. The van der Waals surface area contributed by atoms with Gasteiger partial charge in [0.05, 0.1) is 5.69 Å². The number of amides is 1. The van der Waals surface area contributed by atoms with E-state index in [4.69, 9.17) is 11.6 Å². The third-order valence-corrected chi connectivity index (χ3v) is 3.92. The van der Waals surface area contributed by atoms with E-state index in [1.807, 2.05) is 0 Å². The number of nitrogen functional groups attached to an aromatic ring is 1. The van der Waals surface area contributed by atoms with Crippen LogP contribution in [0.1, 0.15) is 13.8 Å². The fraction of sp³-hybridized carbons (Fsp3) is 0.333. The van der Waals surface area contributed by atoms with Crippen molar-refractivity contribution in [1.82, 2.24) is 9.71 Å². The van der Waals surface area contributed by atoms with Crippen LogP contribution in [0.3, 0.4) is 0 Å². The molecular weight excluding hydrogens is 258 g/mol. The van der Waals surface area contributed by atoms with Crippen molar-refractivity contribution in [3.05, 3.63) is 18.5 Å². The lowest BCUT2D eigenvalue weighted by Crippen LogP contribution is -2.52. The van der Waals surface area contributed by atoms with E-state index in [1.165, 1.54) is 26.1 Å². The Hall–Kier alpha value is -1.71. The summed E-state index contributed by atoms with van der Waals surface area (Å²) in [5.41, 5.74) is 6.09. The van der Waals surface area contributed by atoms with Gasteiger partial charge in [-0.25, -0.2) is 8.42 Å². The molecule has 8 nitrogen and oxygen atoms in total. The predicted octanol–water partition coefficient (Wildman–Crippen LogP) is -1.09. The van der Waals surface area contributed by atoms with Gasteiger partial charge in [-0.1, -0.05) is 0 Å². The topological polar surface area (TPSA) is 140 Å². The Balaban J connectivity index is 3.19. The van der Waals surface area contributed by atoms with Gasteiger partial charge in [-0.15, -0.1) is 0 Å². The molecule has 0 aliphatic rings. The van der Waals surface area contributed by atoms with Crippen LogP contribution in [-0.4, -0.2) is 24.8 Å². The van der Waals surface area contributed by atoms with Gasteiger partial charge in [0.2, 0.25) is 15.9 Å². The summed E-state index contributed by atoms with van der Waals surface area (Å²) in [4.78, 5) is 14.7. The Morgan fingerprint density at radius 1 is 1.44 bits per heavy atom. The van der Waals surface area contributed by atoms with E-state index >= 15 is 0 Å². The van der Waals surface area contributed by atoms with Crippen molar-refractivity contribution in [2.75, 3.05) is 5.43 Å². The average molecular weight is 273 g/mol. The maximum absolute atomic E-state index is 12.1. The van der Waals surface area contributed by atoms with Crippen LogP contribution in [0.4, 0.5) is 5.69 Å². The SMILES string of the molecule is CC(C)(NS(=O)(=O)c1cnccc1NN)C(N)=O. The predicted molar refractivity (Wildman–Crippen MR) is 65.6 cm³/mol. The molecule has 18 heavy (non-hydrogen) atoms. The van der Waals surface area contributed by atoms with E-state index in [0.717, 1.165) is 6.20 Å². The number of pyridine rings is 1. The van der Waals surface area contributed by atoms with Crippen LogP contribution in [-0.2, 0) is 14.8 Å². The van der Waals surface area contributed by atoms with Crippen LogP contribution >= 0.6 is 0 Å². The Labute approximate surface area is 105 Å². The fourth-order valence-corrected chi connectivity index (χ4v) is 2.65. The molecule has 0 saturated heterocycles. The Morgan fingerprint density at radius 2 is 2.06 bits per heavy atom. The Morgan fingerprint density at radius 3 is 2.56 bits per heavy atom. The Kier molecular flexibility index (Phi) is 3.89. The van der Waals surface area contributed by atoms with Gasteiger partial charge in [-0.2, -0.15) is 4.72 Å². The number of carbonyl (C=O) groups excluding carboxylic acids is 1. The summed E-state index contributed by atoms with van der Waals surface area (Å²) < 4.78 is 26.3. The van der Waals surface area contributed by atoms with Crippen LogP contribution in [0.15, 0.2) is 23.4 Å². The van der Waals surface area contributed by atoms with Gasteiger partial charge in [-0.3, -0.25) is 15.6 Å². The number of primary amides is 1. The van der Waals surface area contributed by atoms with E-state index in [9.17, 15) is 13.2 Å². The minimum atomic E-state index is -3.96. The highest BCUT2D eigenvalue weighted by atomic mass is 32.2. The minimum Gasteiger partial charge on any atom is -0.368 e. The number of nitrogens with zero attached hydrogens (tertiary/aromatic N) is 1. The molecule has 6 N–H and O–H groups in total. The number of nitrogens with one attached hydrogen (secondary N) is 2. The first kappa shape index (κ1) is 14.4. The van der Waals surface area contributed by atoms with Crippen molar-refractivity contribution in [1.29, 1.82) is 0 Å². The molecule has 0 radical (unpaired) electrons. The normalized spacial score (nSPS) is 12.2. The van der Waals surface area contributed by atoms with Crippen LogP contribution in [0.25, 0.3) is 0 Å². The van der Waals surface area contributed by atoms with Crippen LogP contribution in [0.5, 0.6) is 0 Å². The molecule has 0 aromatic carbocycles. The molecule has 100 valence electrons. The van der Waals surface area contributed by atoms with Crippen molar-refractivity contribution in [3.63, 3.8) is 0 Å². The number of sulfonamides is 1. The average Bonchev–Trinajstić information content (AvgIpc) is 2.27. The highest BCUT2D eigenvalue weighted by Gasteiger charge is 2.32. The lowest BCUT2D eigenvalue weighted by molar-refractivity contribution is -0.122. The van der Waals surface area contributed by atoms with Gasteiger partial charge in [0.1, 0.15) is 10.4 Å². The second kappa shape index (κ2) is 4.88. The molecule has 0 atom stereocenters. The zero-order valence-corrected chi connectivity index (χ0v) is 10.8. The minimum absolute atomic E-state index is 0.165. The molecule has 1 aromatic heterocycles. The summed E-state index contributed by atoms with van der Waals surface area (Å²) in [6.45, 7) is 2.72. The number of carbonyl (C=O) groups is 1. The molecule has 1 heterocycles. The maximum atomic E-state index is 12.1. The number of nitrogens with two attached hydrogens (primary N) is 2. The summed E-state index contributed by atoms with van der Waals surface area (Å²) in [5, 5.41) is 0. The highest BCUT2D eigenvalue weighted by Crippen LogP contribution is 2.20. The Bertz CT molecular complexity index is 555. The molecule has 9 heteroatoms. The van der Waals surface area contributed by atoms with Gasteiger partial charge in [0.15, 0.2) is 0 Å². The quantitative estimate of drug-likeness (QED) is 0.397. The molecule has 0 spiro atoms. The van der Waals surface area contributed by atoms with Crippen molar-refractivity contribution in [3.8, 4) is 0 Å². The maximum Gasteiger partial charge on any atom is 0.245 e. The smallest absolute Gasteiger partial charge is 0.245 e. The monoisotopic (exact) mass is 273 g/mol. The molecular formula is C9H15N5O3S. The zero-order chi connectivity index (χ0) is 14.0. The van der Waals surface area contributed by atoms with Crippen molar-refractivity contribution < 1.29 is 13.2 Å². The molecule has 0 unspecified atom stereocenters. The highest BCUT2D eigenvalue weighted by molar-refractivity contribution is 7.89. The number of aromatic nitrogens is 1. The molecule has 0 aliphatic heterocycles. The summed E-state index contributed by atoms with van der Waals surface area (Å²) in [5.74, 6) is 4.42. The van der Waals surface area contributed by atoms with Gasteiger partial charge in [0, 0.05) is 12.4 Å². The van der Waals surface area contributed by atoms with Crippen molar-refractivity contribution in [2.24, 2.45) is 11.6 Å². The van der Waals surface area contributed by atoms with Gasteiger partial charge >= 0.3 is 0 Å². The van der Waals surface area contributed by atoms with E-state index in [1.54, 1.807) is 0 Å². The first-order valence-electron chi connectivity index (χ1n) is 4.95. The molecule has 1 aromatic rings. The van der Waals surface area contributed by atoms with Crippen LogP contribution < -0.4 is 21.7 Å². The van der Waals surface area contributed by atoms with Crippen LogP contribution in [0, 0.1) is 0 Å². The second-order valence-corrected chi connectivity index (χ2v) is 5.76. The van der Waals surface area contributed by atoms with E-state index in [-0.39, 0.29) is 10.6 Å². The van der Waals surface area contributed by atoms with Crippen molar-refractivity contribution >= 4 is 21.6 Å². The first-order valence-corrected chi connectivity index (χ1v) is 6.43. The summed E-state index contributed by atoms with van der Waals surface area (Å²) in [6, 6.07) is 1.39. The first-order chi connectivity index (χ1) is 8.20. The molecule has 1 amide bonds. The molecule has 0 fully saturated rings. The summed E-state index contributed by atoms with van der Waals surface area (Å²) in [7, 11) is -3.96. The second-order valence-electron chi connectivity index (χ2n) is 4.11. The summed E-state index contributed by atoms with van der Waals surface area (Å²) >= 11 is 0. The third-order valence-electron chi connectivity index (χ3n) is 2.24. The van der Waals surface area contributed by atoms with Crippen molar-refractivity contribution in [2.45, 2.75) is 24.3 Å². The fourth-order valence-electron chi connectivity index (χ4n) is 1.15. The van der Waals surface area contributed by atoms with E-state index in [2.05, 4.69) is 15.1 Å². The van der Waals surface area contributed by atoms with Gasteiger partial charge in [0.25, 0.3) is 0 Å². The standard InChI is InChI=1S/C9H15N5O3S/c1-9(2,8(10)15)14-18(16,17)7-5-12-4-3-6(7)13-11/h3-5,14H,11H2,1-2H3,(H2,10,15)(H,12,13). The molecule has 0 saturated carbocycles. The number of hydrazine groups is 1. The number of anilines is 1. The lowest BCUT2D eigenvalue weighted by atomic mass is 10.1.